The molecule has 1 amide bonds. The minimum absolute atomic E-state index is 0.00357. The smallest absolute Gasteiger partial charge is 0.264 e. The Morgan fingerprint density at radius 3 is 2.48 bits per heavy atom. The molecule has 27 heavy (non-hydrogen) atoms. The van der Waals surface area contributed by atoms with Gasteiger partial charge in [0.1, 0.15) is 4.90 Å². The largest absolute Gasteiger partial charge is 0.349 e. The summed E-state index contributed by atoms with van der Waals surface area (Å²) >= 11 is 0. The van der Waals surface area contributed by atoms with E-state index in [1.54, 1.807) is 42.5 Å². The Morgan fingerprint density at radius 2 is 1.78 bits per heavy atom. The Hall–Kier alpha value is -2.38. The number of hydrogen-bond donors (Lipinski definition) is 2. The monoisotopic (exact) mass is 387 g/mol. The molecule has 1 aliphatic carbocycles. The highest BCUT2D eigenvalue weighted by Crippen LogP contribution is 2.27. The molecule has 0 aliphatic heterocycles. The van der Waals surface area contributed by atoms with Gasteiger partial charge in [0, 0.05) is 13.1 Å². The molecule has 3 N–H and O–H groups in total. The van der Waals surface area contributed by atoms with Gasteiger partial charge in [-0.25, -0.2) is 8.42 Å². The van der Waals surface area contributed by atoms with Crippen LogP contribution in [0.4, 0.5) is 5.69 Å². The first-order chi connectivity index (χ1) is 12.9. The van der Waals surface area contributed by atoms with Crippen molar-refractivity contribution in [2.75, 3.05) is 17.9 Å². The molecule has 7 heteroatoms. The lowest BCUT2D eigenvalue weighted by Gasteiger charge is -2.23. The molecule has 2 aromatic rings. The van der Waals surface area contributed by atoms with Crippen molar-refractivity contribution in [1.82, 2.24) is 5.32 Å². The van der Waals surface area contributed by atoms with Crippen molar-refractivity contribution in [3.63, 3.8) is 0 Å². The Kier molecular flexibility index (Phi) is 5.82. The second-order valence-corrected chi connectivity index (χ2v) is 8.75. The van der Waals surface area contributed by atoms with Crippen LogP contribution < -0.4 is 15.4 Å². The number of nitrogens with one attached hydrogen (secondary N) is 1. The molecule has 0 aromatic heterocycles. The SMILES string of the molecule is CN(c1ccccc1)S(=O)(=O)c1ccccc1C(=O)NC1CCCC1CN. The summed E-state index contributed by atoms with van der Waals surface area (Å²) in [6, 6.07) is 15.1. The van der Waals surface area contributed by atoms with E-state index in [1.807, 2.05) is 6.07 Å². The van der Waals surface area contributed by atoms with Crippen molar-refractivity contribution < 1.29 is 13.2 Å². The molecule has 2 atom stereocenters. The van der Waals surface area contributed by atoms with E-state index in [9.17, 15) is 13.2 Å². The lowest BCUT2D eigenvalue weighted by molar-refractivity contribution is 0.0925. The number of anilines is 1. The molecule has 0 radical (unpaired) electrons. The van der Waals surface area contributed by atoms with Crippen molar-refractivity contribution in [1.29, 1.82) is 0 Å². The lowest BCUT2D eigenvalue weighted by Crippen LogP contribution is -2.40. The molecule has 1 saturated carbocycles. The first-order valence-corrected chi connectivity index (χ1v) is 10.5. The maximum absolute atomic E-state index is 13.1. The van der Waals surface area contributed by atoms with Crippen molar-refractivity contribution >= 4 is 21.6 Å². The van der Waals surface area contributed by atoms with Gasteiger partial charge in [-0.1, -0.05) is 36.8 Å². The summed E-state index contributed by atoms with van der Waals surface area (Å²) in [6.45, 7) is 0.516. The first kappa shape index (κ1) is 19.4. The van der Waals surface area contributed by atoms with E-state index in [-0.39, 0.29) is 28.3 Å². The molecule has 6 nitrogen and oxygen atoms in total. The number of benzene rings is 2. The Labute approximate surface area is 160 Å². The summed E-state index contributed by atoms with van der Waals surface area (Å²) in [5, 5.41) is 2.99. The van der Waals surface area contributed by atoms with E-state index in [2.05, 4.69) is 5.32 Å². The summed E-state index contributed by atoms with van der Waals surface area (Å²) in [7, 11) is -2.39. The van der Waals surface area contributed by atoms with Crippen LogP contribution in [-0.4, -0.2) is 34.0 Å². The molecule has 1 aliphatic rings. The maximum Gasteiger partial charge on any atom is 0.264 e. The van der Waals surface area contributed by atoms with Crippen molar-refractivity contribution in [2.24, 2.45) is 11.7 Å². The number of carbonyl (C=O) groups excluding carboxylic acids is 1. The average Bonchev–Trinajstić information content (AvgIpc) is 3.15. The summed E-state index contributed by atoms with van der Waals surface area (Å²) in [4.78, 5) is 12.9. The van der Waals surface area contributed by atoms with E-state index >= 15 is 0 Å². The van der Waals surface area contributed by atoms with Crippen molar-refractivity contribution in [3.05, 3.63) is 60.2 Å². The van der Waals surface area contributed by atoms with Crippen LogP contribution >= 0.6 is 0 Å². The number of carbonyl (C=O) groups is 1. The maximum atomic E-state index is 13.1. The Morgan fingerprint density at radius 1 is 1.11 bits per heavy atom. The van der Waals surface area contributed by atoms with E-state index in [4.69, 9.17) is 5.73 Å². The Balaban J connectivity index is 1.90. The predicted octanol–water partition coefficient (Wildman–Crippen LogP) is 2.37. The van der Waals surface area contributed by atoms with Gasteiger partial charge in [0.15, 0.2) is 0 Å². The molecule has 3 rings (SSSR count). The molecular weight excluding hydrogens is 362 g/mol. The van der Waals surface area contributed by atoms with Gasteiger partial charge in [-0.3, -0.25) is 9.10 Å². The molecule has 0 bridgehead atoms. The third-order valence-corrected chi connectivity index (χ3v) is 7.01. The highest BCUT2D eigenvalue weighted by Gasteiger charge is 2.31. The third kappa shape index (κ3) is 3.99. The van der Waals surface area contributed by atoms with Crippen LogP contribution in [0, 0.1) is 5.92 Å². The van der Waals surface area contributed by atoms with Crippen LogP contribution in [0.1, 0.15) is 29.6 Å². The fraction of sp³-hybridized carbons (Fsp3) is 0.350. The highest BCUT2D eigenvalue weighted by atomic mass is 32.2. The normalized spacial score (nSPS) is 19.6. The summed E-state index contributed by atoms with van der Waals surface area (Å²) < 4.78 is 27.5. The number of sulfonamides is 1. The predicted molar refractivity (Wildman–Crippen MR) is 106 cm³/mol. The standard InChI is InChI=1S/C20H25N3O3S/c1-23(16-9-3-2-4-10-16)27(25,26)19-13-6-5-11-17(19)20(24)22-18-12-7-8-15(18)14-21/h2-6,9-11,13,15,18H,7-8,12,14,21H2,1H3,(H,22,24). The van der Waals surface area contributed by atoms with Gasteiger partial charge in [0.25, 0.3) is 15.9 Å². The Bertz CT molecular complexity index is 900. The zero-order valence-electron chi connectivity index (χ0n) is 15.3. The van der Waals surface area contributed by atoms with Crippen LogP contribution in [0.3, 0.4) is 0 Å². The van der Waals surface area contributed by atoms with Crippen LogP contribution in [-0.2, 0) is 10.0 Å². The number of nitrogens with zero attached hydrogens (tertiary/aromatic N) is 1. The van der Waals surface area contributed by atoms with Crippen LogP contribution in [0.5, 0.6) is 0 Å². The molecule has 0 saturated heterocycles. The van der Waals surface area contributed by atoms with Gasteiger partial charge in [-0.15, -0.1) is 0 Å². The zero-order chi connectivity index (χ0) is 19.4. The zero-order valence-corrected chi connectivity index (χ0v) is 16.2. The number of hydrogen-bond acceptors (Lipinski definition) is 4. The molecule has 1 fully saturated rings. The van der Waals surface area contributed by atoms with Crippen molar-refractivity contribution in [2.45, 2.75) is 30.2 Å². The van der Waals surface area contributed by atoms with E-state index in [0.29, 0.717) is 12.2 Å². The van der Waals surface area contributed by atoms with E-state index in [0.717, 1.165) is 19.3 Å². The summed E-state index contributed by atoms with van der Waals surface area (Å²) in [5.41, 5.74) is 6.48. The molecule has 2 unspecified atom stereocenters. The van der Waals surface area contributed by atoms with Gasteiger partial charge in [-0.2, -0.15) is 0 Å². The molecule has 144 valence electrons. The fourth-order valence-electron chi connectivity index (χ4n) is 3.56. The first-order valence-electron chi connectivity index (χ1n) is 9.09. The quantitative estimate of drug-likeness (QED) is 0.796. The summed E-state index contributed by atoms with van der Waals surface area (Å²) in [5.74, 6) is -0.134. The average molecular weight is 388 g/mol. The number of para-hydroxylation sites is 1. The third-order valence-electron chi connectivity index (χ3n) is 5.17. The minimum Gasteiger partial charge on any atom is -0.349 e. The fourth-order valence-corrected chi connectivity index (χ4v) is 4.94. The lowest BCUT2D eigenvalue weighted by atomic mass is 10.0. The summed E-state index contributed by atoms with van der Waals surface area (Å²) in [6.07, 6.45) is 2.87. The van der Waals surface area contributed by atoms with Crippen LogP contribution in [0.2, 0.25) is 0 Å². The van der Waals surface area contributed by atoms with Gasteiger partial charge < -0.3 is 11.1 Å². The van der Waals surface area contributed by atoms with Crippen molar-refractivity contribution in [3.8, 4) is 0 Å². The van der Waals surface area contributed by atoms with E-state index in [1.165, 1.54) is 17.4 Å². The van der Waals surface area contributed by atoms with E-state index < -0.39 is 10.0 Å². The van der Waals surface area contributed by atoms with Gasteiger partial charge in [0.05, 0.1) is 11.3 Å². The second-order valence-electron chi connectivity index (χ2n) is 6.81. The molecule has 0 heterocycles. The highest BCUT2D eigenvalue weighted by molar-refractivity contribution is 7.92. The van der Waals surface area contributed by atoms with Gasteiger partial charge in [0.2, 0.25) is 0 Å². The number of nitrogens with two attached hydrogens (primary N) is 1. The van der Waals surface area contributed by atoms with Gasteiger partial charge >= 0.3 is 0 Å². The van der Waals surface area contributed by atoms with Crippen LogP contribution in [0.25, 0.3) is 0 Å². The van der Waals surface area contributed by atoms with Gasteiger partial charge in [-0.05, 0) is 49.6 Å². The second kappa shape index (κ2) is 8.10. The number of amides is 1. The molecule has 2 aromatic carbocycles. The number of rotatable bonds is 6. The molecule has 0 spiro atoms. The van der Waals surface area contributed by atoms with Crippen LogP contribution in [0.15, 0.2) is 59.5 Å². The topological polar surface area (TPSA) is 92.5 Å². The molecular formula is C20H25N3O3S. The minimum atomic E-state index is -3.87.